The van der Waals surface area contributed by atoms with Gasteiger partial charge in [0.15, 0.2) is 0 Å². The number of benzene rings is 2. The van der Waals surface area contributed by atoms with Gasteiger partial charge in [0.1, 0.15) is 11.4 Å². The highest BCUT2D eigenvalue weighted by Gasteiger charge is 2.49. The molecule has 0 saturated heterocycles. The second-order valence-corrected chi connectivity index (χ2v) is 8.59. The van der Waals surface area contributed by atoms with Gasteiger partial charge in [-0.2, -0.15) is 0 Å². The summed E-state index contributed by atoms with van der Waals surface area (Å²) in [4.78, 5) is 13.0. The van der Waals surface area contributed by atoms with Gasteiger partial charge in [0, 0.05) is 30.3 Å². The lowest BCUT2D eigenvalue weighted by atomic mass is 9.54. The SMILES string of the molecule is CC[C@@]12CCCC[C@@H]1[C@@H](N(C)c1ccc([N+](=O)[O-])c(N)c1)Cc1ccc(O)cc12. The summed E-state index contributed by atoms with van der Waals surface area (Å²) in [7, 11) is 2.08. The number of nitro benzene ring substituents is 1. The zero-order valence-electron chi connectivity index (χ0n) is 17.1. The van der Waals surface area contributed by atoms with Gasteiger partial charge in [-0.1, -0.05) is 25.8 Å². The van der Waals surface area contributed by atoms with Crippen molar-refractivity contribution in [3.63, 3.8) is 0 Å². The highest BCUT2D eigenvalue weighted by Crippen LogP contribution is 2.54. The van der Waals surface area contributed by atoms with Gasteiger partial charge in [-0.25, -0.2) is 0 Å². The predicted molar refractivity (Wildman–Crippen MR) is 115 cm³/mol. The lowest BCUT2D eigenvalue weighted by molar-refractivity contribution is -0.383. The molecule has 0 radical (unpaired) electrons. The Morgan fingerprint density at radius 3 is 2.76 bits per heavy atom. The molecule has 2 aromatic carbocycles. The van der Waals surface area contributed by atoms with Crippen LogP contribution in [0.2, 0.25) is 0 Å². The van der Waals surface area contributed by atoms with E-state index in [0.717, 1.165) is 31.4 Å². The minimum Gasteiger partial charge on any atom is -0.508 e. The fourth-order valence-electron chi connectivity index (χ4n) is 5.89. The van der Waals surface area contributed by atoms with Gasteiger partial charge in [0.2, 0.25) is 0 Å². The van der Waals surface area contributed by atoms with E-state index >= 15 is 0 Å². The Balaban J connectivity index is 1.77. The van der Waals surface area contributed by atoms with Gasteiger partial charge in [-0.15, -0.1) is 0 Å². The van der Waals surface area contributed by atoms with Crippen LogP contribution in [0.1, 0.15) is 50.2 Å². The number of phenolic OH excluding ortho intramolecular Hbond substituents is 1. The van der Waals surface area contributed by atoms with Gasteiger partial charge < -0.3 is 15.7 Å². The van der Waals surface area contributed by atoms with Gasteiger partial charge in [0.25, 0.3) is 5.69 Å². The molecule has 1 saturated carbocycles. The van der Waals surface area contributed by atoms with Crippen LogP contribution in [-0.2, 0) is 11.8 Å². The number of rotatable bonds is 4. The third-order valence-corrected chi connectivity index (χ3v) is 7.36. The summed E-state index contributed by atoms with van der Waals surface area (Å²) in [5.41, 5.74) is 9.72. The molecule has 0 spiro atoms. The number of nitrogen functional groups attached to an aromatic ring is 1. The molecule has 2 aliphatic rings. The van der Waals surface area contributed by atoms with Gasteiger partial charge in [-0.05, 0) is 67.0 Å². The Morgan fingerprint density at radius 1 is 1.28 bits per heavy atom. The van der Waals surface area contributed by atoms with Gasteiger partial charge in [0.05, 0.1) is 4.92 Å². The molecule has 0 amide bonds. The van der Waals surface area contributed by atoms with Crippen molar-refractivity contribution in [3.8, 4) is 5.75 Å². The summed E-state index contributed by atoms with van der Waals surface area (Å²) in [6, 6.07) is 11.1. The van der Waals surface area contributed by atoms with Crippen molar-refractivity contribution in [2.75, 3.05) is 17.7 Å². The maximum Gasteiger partial charge on any atom is 0.292 e. The lowest BCUT2D eigenvalue weighted by Crippen LogP contribution is -2.54. The van der Waals surface area contributed by atoms with Crippen molar-refractivity contribution in [1.82, 2.24) is 0 Å². The molecule has 0 heterocycles. The van der Waals surface area contributed by atoms with E-state index in [-0.39, 0.29) is 22.8 Å². The zero-order valence-corrected chi connectivity index (χ0v) is 17.1. The smallest absolute Gasteiger partial charge is 0.292 e. The molecule has 29 heavy (non-hydrogen) atoms. The Kier molecular flexibility index (Phi) is 4.89. The van der Waals surface area contributed by atoms with Crippen molar-refractivity contribution in [1.29, 1.82) is 0 Å². The molecule has 2 aliphatic carbocycles. The molecule has 0 bridgehead atoms. The average Bonchev–Trinajstić information content (AvgIpc) is 2.72. The fourth-order valence-corrected chi connectivity index (χ4v) is 5.89. The van der Waals surface area contributed by atoms with Crippen LogP contribution in [-0.4, -0.2) is 23.1 Å². The van der Waals surface area contributed by atoms with Crippen molar-refractivity contribution < 1.29 is 10.0 Å². The second kappa shape index (κ2) is 7.25. The van der Waals surface area contributed by atoms with E-state index in [1.54, 1.807) is 18.2 Å². The first kappa shape index (κ1) is 19.6. The Hall–Kier alpha value is -2.76. The van der Waals surface area contributed by atoms with E-state index in [2.05, 4.69) is 24.9 Å². The quantitative estimate of drug-likeness (QED) is 0.441. The highest BCUT2D eigenvalue weighted by molar-refractivity contribution is 5.67. The second-order valence-electron chi connectivity index (χ2n) is 8.59. The summed E-state index contributed by atoms with van der Waals surface area (Å²) in [5.74, 6) is 0.813. The number of anilines is 2. The Labute approximate surface area is 171 Å². The van der Waals surface area contributed by atoms with Crippen LogP contribution in [0.25, 0.3) is 0 Å². The maximum atomic E-state index is 11.1. The molecule has 6 heteroatoms. The lowest BCUT2D eigenvalue weighted by Gasteiger charge is -2.54. The molecule has 1 fully saturated rings. The molecule has 0 aliphatic heterocycles. The minimum absolute atomic E-state index is 0.0489. The van der Waals surface area contributed by atoms with Crippen LogP contribution < -0.4 is 10.6 Å². The van der Waals surface area contributed by atoms with Crippen LogP contribution in [0.5, 0.6) is 5.75 Å². The normalized spacial score (nSPS) is 25.7. The number of aromatic hydroxyl groups is 1. The van der Waals surface area contributed by atoms with Crippen molar-refractivity contribution in [2.45, 2.75) is 56.9 Å². The van der Waals surface area contributed by atoms with E-state index < -0.39 is 4.92 Å². The monoisotopic (exact) mass is 395 g/mol. The van der Waals surface area contributed by atoms with Crippen LogP contribution in [0, 0.1) is 16.0 Å². The van der Waals surface area contributed by atoms with Crippen molar-refractivity contribution in [3.05, 3.63) is 57.6 Å². The van der Waals surface area contributed by atoms with E-state index in [4.69, 9.17) is 5.73 Å². The highest BCUT2D eigenvalue weighted by atomic mass is 16.6. The molecule has 0 unspecified atom stereocenters. The third kappa shape index (κ3) is 3.11. The van der Waals surface area contributed by atoms with E-state index in [0.29, 0.717) is 11.7 Å². The summed E-state index contributed by atoms with van der Waals surface area (Å²) < 4.78 is 0. The summed E-state index contributed by atoms with van der Waals surface area (Å²) in [6.45, 7) is 2.26. The topological polar surface area (TPSA) is 92.6 Å². The molecule has 154 valence electrons. The standard InChI is InChI=1S/C23H29N3O3/c1-3-23-11-5-4-6-18(23)22(12-15-7-9-17(27)14-19(15)23)25(2)16-8-10-21(26(28)29)20(24)13-16/h7-10,13-14,18,22,27H,3-6,11-12,24H2,1-2H3/t18-,22+,23-/m1/s1. The number of nitrogens with two attached hydrogens (primary N) is 1. The Morgan fingerprint density at radius 2 is 2.07 bits per heavy atom. The summed E-state index contributed by atoms with van der Waals surface area (Å²) in [5, 5.41) is 21.3. The largest absolute Gasteiger partial charge is 0.508 e. The number of fused-ring (bicyclic) bond motifs is 3. The first-order valence-electron chi connectivity index (χ1n) is 10.5. The Bertz CT molecular complexity index is 945. The van der Waals surface area contributed by atoms with Crippen LogP contribution in [0.4, 0.5) is 17.1 Å². The first-order valence-corrected chi connectivity index (χ1v) is 10.5. The van der Waals surface area contributed by atoms with Crippen LogP contribution in [0.3, 0.4) is 0 Å². The van der Waals surface area contributed by atoms with Gasteiger partial charge >= 0.3 is 0 Å². The van der Waals surface area contributed by atoms with E-state index in [1.807, 2.05) is 6.07 Å². The number of likely N-dealkylation sites (N-methyl/N-ethyl adjacent to an activating group) is 1. The molecule has 2 aromatic rings. The molecule has 4 rings (SSSR count). The number of hydrogen-bond acceptors (Lipinski definition) is 5. The molecule has 3 atom stereocenters. The van der Waals surface area contributed by atoms with E-state index in [1.165, 1.54) is 30.0 Å². The molecular weight excluding hydrogens is 366 g/mol. The van der Waals surface area contributed by atoms with Crippen molar-refractivity contribution >= 4 is 17.1 Å². The number of phenols is 1. The summed E-state index contributed by atoms with van der Waals surface area (Å²) >= 11 is 0. The molecule has 3 N–H and O–H groups in total. The summed E-state index contributed by atoms with van der Waals surface area (Å²) in [6.07, 6.45) is 6.65. The van der Waals surface area contributed by atoms with Crippen molar-refractivity contribution in [2.24, 2.45) is 5.92 Å². The third-order valence-electron chi connectivity index (χ3n) is 7.36. The average molecular weight is 396 g/mol. The number of hydrogen-bond donors (Lipinski definition) is 2. The van der Waals surface area contributed by atoms with E-state index in [9.17, 15) is 15.2 Å². The van der Waals surface area contributed by atoms with Gasteiger partial charge in [-0.3, -0.25) is 10.1 Å². The van der Waals surface area contributed by atoms with Crippen LogP contribution >= 0.6 is 0 Å². The molecular formula is C23H29N3O3. The first-order chi connectivity index (χ1) is 13.9. The minimum atomic E-state index is -0.439. The molecule has 0 aromatic heterocycles. The zero-order chi connectivity index (χ0) is 20.8. The fraction of sp³-hybridized carbons (Fsp3) is 0.478. The number of nitro groups is 1. The van der Waals surface area contributed by atoms with Crippen LogP contribution in [0.15, 0.2) is 36.4 Å². The number of nitrogens with zero attached hydrogens (tertiary/aromatic N) is 2. The molecule has 6 nitrogen and oxygen atoms in total. The maximum absolute atomic E-state index is 11.1. The predicted octanol–water partition coefficient (Wildman–Crippen LogP) is 4.78.